The molecule has 2 rings (SSSR count). The van der Waals surface area contributed by atoms with Gasteiger partial charge in [0.1, 0.15) is 0 Å². The summed E-state index contributed by atoms with van der Waals surface area (Å²) in [5, 5.41) is 12.8. The first-order chi connectivity index (χ1) is 10.0. The molecule has 1 atom stereocenters. The Morgan fingerprint density at radius 2 is 1.90 bits per heavy atom. The molecule has 0 radical (unpaired) electrons. The summed E-state index contributed by atoms with van der Waals surface area (Å²) in [6.45, 7) is 1.96. The van der Waals surface area contributed by atoms with Gasteiger partial charge in [-0.15, -0.1) is 0 Å². The van der Waals surface area contributed by atoms with Crippen LogP contribution in [-0.4, -0.2) is 39.7 Å². The first-order valence-electron chi connectivity index (χ1n) is 6.75. The van der Waals surface area contributed by atoms with E-state index in [-0.39, 0.29) is 12.5 Å². The SMILES string of the molecule is CSCC(C)(O)CNC(=O)c1ccc(-n2cccc2)cc1. The Labute approximate surface area is 129 Å². The van der Waals surface area contributed by atoms with Gasteiger partial charge < -0.3 is 15.0 Å². The summed E-state index contributed by atoms with van der Waals surface area (Å²) in [5.41, 5.74) is 0.706. The molecule has 1 unspecified atom stereocenters. The lowest BCUT2D eigenvalue weighted by atomic mass is 10.1. The molecule has 1 aromatic carbocycles. The fourth-order valence-electron chi connectivity index (χ4n) is 2.03. The zero-order valence-corrected chi connectivity index (χ0v) is 13.1. The highest BCUT2D eigenvalue weighted by molar-refractivity contribution is 7.98. The van der Waals surface area contributed by atoms with Gasteiger partial charge in [-0.3, -0.25) is 4.79 Å². The molecule has 4 nitrogen and oxygen atoms in total. The van der Waals surface area contributed by atoms with Crippen molar-refractivity contribution in [2.24, 2.45) is 0 Å². The Balaban J connectivity index is 1.97. The van der Waals surface area contributed by atoms with Gasteiger partial charge in [0.15, 0.2) is 0 Å². The van der Waals surface area contributed by atoms with Gasteiger partial charge in [0.25, 0.3) is 5.91 Å². The number of carbonyl (C=O) groups is 1. The highest BCUT2D eigenvalue weighted by atomic mass is 32.2. The number of hydrogen-bond acceptors (Lipinski definition) is 3. The molecule has 2 aromatic rings. The lowest BCUT2D eigenvalue weighted by Crippen LogP contribution is -2.42. The van der Waals surface area contributed by atoms with Crippen molar-refractivity contribution >= 4 is 17.7 Å². The second-order valence-corrected chi connectivity index (χ2v) is 6.12. The van der Waals surface area contributed by atoms with E-state index < -0.39 is 5.60 Å². The summed E-state index contributed by atoms with van der Waals surface area (Å²) in [6, 6.07) is 11.3. The van der Waals surface area contributed by atoms with E-state index in [0.717, 1.165) is 5.69 Å². The van der Waals surface area contributed by atoms with Crippen LogP contribution in [0.15, 0.2) is 48.8 Å². The third-order valence-electron chi connectivity index (χ3n) is 3.12. The monoisotopic (exact) mass is 304 g/mol. The quantitative estimate of drug-likeness (QED) is 0.861. The fourth-order valence-corrected chi connectivity index (χ4v) is 2.75. The van der Waals surface area contributed by atoms with Gasteiger partial charge >= 0.3 is 0 Å². The zero-order chi connectivity index (χ0) is 15.3. The third-order valence-corrected chi connectivity index (χ3v) is 4.03. The number of aliphatic hydroxyl groups is 1. The molecule has 112 valence electrons. The van der Waals surface area contributed by atoms with Gasteiger partial charge in [0.05, 0.1) is 5.60 Å². The number of amides is 1. The summed E-state index contributed by atoms with van der Waals surface area (Å²) in [7, 11) is 0. The highest BCUT2D eigenvalue weighted by Gasteiger charge is 2.20. The van der Waals surface area contributed by atoms with E-state index in [0.29, 0.717) is 11.3 Å². The van der Waals surface area contributed by atoms with Crippen LogP contribution in [0.2, 0.25) is 0 Å². The maximum absolute atomic E-state index is 12.1. The van der Waals surface area contributed by atoms with Crippen molar-refractivity contribution in [1.29, 1.82) is 0 Å². The molecule has 0 fully saturated rings. The number of nitrogens with one attached hydrogen (secondary N) is 1. The van der Waals surface area contributed by atoms with Crippen molar-refractivity contribution in [2.75, 3.05) is 18.6 Å². The lowest BCUT2D eigenvalue weighted by Gasteiger charge is -2.22. The van der Waals surface area contributed by atoms with E-state index in [1.165, 1.54) is 0 Å². The predicted octanol–water partition coefficient (Wildman–Crippen LogP) is 2.32. The summed E-state index contributed by atoms with van der Waals surface area (Å²) >= 11 is 1.55. The predicted molar refractivity (Wildman–Crippen MR) is 87.1 cm³/mol. The number of nitrogens with zero attached hydrogens (tertiary/aromatic N) is 1. The minimum Gasteiger partial charge on any atom is -0.387 e. The molecule has 5 heteroatoms. The molecule has 1 aromatic heterocycles. The standard InChI is InChI=1S/C16H20N2O2S/c1-16(20,12-21-2)11-17-15(19)13-5-7-14(8-6-13)18-9-3-4-10-18/h3-10,20H,11-12H2,1-2H3,(H,17,19). The van der Waals surface area contributed by atoms with Crippen LogP contribution in [0, 0.1) is 0 Å². The molecule has 0 saturated heterocycles. The smallest absolute Gasteiger partial charge is 0.251 e. The number of rotatable bonds is 6. The molecule has 0 aliphatic carbocycles. The number of thioether (sulfide) groups is 1. The third kappa shape index (κ3) is 4.37. The second-order valence-electron chi connectivity index (χ2n) is 5.25. The molecule has 0 aliphatic rings. The first-order valence-corrected chi connectivity index (χ1v) is 8.14. The van der Waals surface area contributed by atoms with Crippen LogP contribution in [0.3, 0.4) is 0 Å². The summed E-state index contributed by atoms with van der Waals surface area (Å²) < 4.78 is 1.98. The number of carbonyl (C=O) groups excluding carboxylic acids is 1. The average Bonchev–Trinajstić information content (AvgIpc) is 2.99. The van der Waals surface area contributed by atoms with Crippen LogP contribution in [0.5, 0.6) is 0 Å². The zero-order valence-electron chi connectivity index (χ0n) is 12.2. The Hall–Kier alpha value is -1.72. The average molecular weight is 304 g/mol. The molecule has 2 N–H and O–H groups in total. The Morgan fingerprint density at radius 3 is 2.48 bits per heavy atom. The van der Waals surface area contributed by atoms with E-state index in [1.54, 1.807) is 30.8 Å². The van der Waals surface area contributed by atoms with Crippen LogP contribution >= 0.6 is 11.8 Å². The number of hydrogen-bond donors (Lipinski definition) is 2. The van der Waals surface area contributed by atoms with Crippen molar-refractivity contribution in [3.63, 3.8) is 0 Å². The highest BCUT2D eigenvalue weighted by Crippen LogP contribution is 2.12. The number of benzene rings is 1. The molecular formula is C16H20N2O2S. The minimum absolute atomic E-state index is 0.171. The molecule has 0 spiro atoms. The van der Waals surface area contributed by atoms with Crippen LogP contribution in [0.25, 0.3) is 5.69 Å². The molecular weight excluding hydrogens is 284 g/mol. The summed E-state index contributed by atoms with van der Waals surface area (Å²) in [4.78, 5) is 12.1. The van der Waals surface area contributed by atoms with Crippen LogP contribution in [0.4, 0.5) is 0 Å². The molecule has 21 heavy (non-hydrogen) atoms. The summed E-state index contributed by atoms with van der Waals surface area (Å²) in [5.74, 6) is 0.412. The van der Waals surface area contributed by atoms with Gasteiger partial charge in [-0.2, -0.15) is 11.8 Å². The minimum atomic E-state index is -0.889. The van der Waals surface area contributed by atoms with Gasteiger partial charge in [0, 0.05) is 35.9 Å². The van der Waals surface area contributed by atoms with Crippen molar-refractivity contribution in [2.45, 2.75) is 12.5 Å². The molecule has 1 heterocycles. The maximum atomic E-state index is 12.1. The van der Waals surface area contributed by atoms with Crippen molar-refractivity contribution in [1.82, 2.24) is 9.88 Å². The van der Waals surface area contributed by atoms with E-state index in [1.807, 2.05) is 47.5 Å². The fraction of sp³-hybridized carbons (Fsp3) is 0.312. The van der Waals surface area contributed by atoms with Crippen LogP contribution in [-0.2, 0) is 0 Å². The molecule has 1 amide bonds. The van der Waals surface area contributed by atoms with Gasteiger partial charge in [-0.25, -0.2) is 0 Å². The van der Waals surface area contributed by atoms with Crippen molar-refractivity contribution in [3.8, 4) is 5.69 Å². The van der Waals surface area contributed by atoms with Crippen molar-refractivity contribution in [3.05, 3.63) is 54.4 Å². The molecule has 0 saturated carbocycles. The maximum Gasteiger partial charge on any atom is 0.251 e. The Kier molecular flexibility index (Phi) is 5.09. The molecule has 0 aliphatic heterocycles. The van der Waals surface area contributed by atoms with Crippen LogP contribution < -0.4 is 5.32 Å². The van der Waals surface area contributed by atoms with Gasteiger partial charge in [-0.1, -0.05) is 0 Å². The number of aromatic nitrogens is 1. The normalized spacial score (nSPS) is 13.7. The first kappa shape index (κ1) is 15.7. The largest absolute Gasteiger partial charge is 0.387 e. The van der Waals surface area contributed by atoms with Gasteiger partial charge in [0.2, 0.25) is 0 Å². The second kappa shape index (κ2) is 6.83. The van der Waals surface area contributed by atoms with Gasteiger partial charge in [-0.05, 0) is 49.6 Å². The Morgan fingerprint density at radius 1 is 1.29 bits per heavy atom. The topological polar surface area (TPSA) is 54.3 Å². The Bertz CT molecular complexity index is 577. The van der Waals surface area contributed by atoms with Crippen molar-refractivity contribution < 1.29 is 9.90 Å². The van der Waals surface area contributed by atoms with E-state index in [2.05, 4.69) is 5.32 Å². The lowest BCUT2D eigenvalue weighted by molar-refractivity contribution is 0.0725. The summed E-state index contributed by atoms with van der Waals surface area (Å²) in [6.07, 6.45) is 5.83. The van der Waals surface area contributed by atoms with E-state index in [4.69, 9.17) is 0 Å². The van der Waals surface area contributed by atoms with E-state index >= 15 is 0 Å². The van der Waals surface area contributed by atoms with E-state index in [9.17, 15) is 9.90 Å². The van der Waals surface area contributed by atoms with Crippen LogP contribution in [0.1, 0.15) is 17.3 Å². The molecule has 0 bridgehead atoms.